The first-order chi connectivity index (χ1) is 9.28. The fourth-order valence-corrected chi connectivity index (χ4v) is 2.20. The molecule has 0 spiro atoms. The third kappa shape index (κ3) is 2.18. The summed E-state index contributed by atoms with van der Waals surface area (Å²) in [6.45, 7) is 0. The first-order valence-electron chi connectivity index (χ1n) is 6.11. The second-order valence-corrected chi connectivity index (χ2v) is 4.43. The highest BCUT2D eigenvalue weighted by Gasteiger charge is 2.17. The largest absolute Gasteiger partial charge is 0.399 e. The van der Waals surface area contributed by atoms with Crippen molar-refractivity contribution in [3.8, 4) is 0 Å². The number of nitrogens with two attached hydrogens (primary N) is 1. The quantitative estimate of drug-likeness (QED) is 0.705. The molecule has 19 heavy (non-hydrogen) atoms. The number of H-pyrrole nitrogens is 1. The van der Waals surface area contributed by atoms with E-state index < -0.39 is 0 Å². The summed E-state index contributed by atoms with van der Waals surface area (Å²) in [5, 5.41) is 0. The lowest BCUT2D eigenvalue weighted by molar-refractivity contribution is 0.130. The van der Waals surface area contributed by atoms with Gasteiger partial charge in [-0.05, 0) is 23.8 Å². The molecular formula is C15H15N3O. The maximum atomic E-state index is 5.77. The average Bonchev–Trinajstić information content (AvgIpc) is 2.83. The fraction of sp³-hybridized carbons (Fsp3) is 0.133. The Bertz CT molecular complexity index is 691. The number of hydrogen-bond acceptors (Lipinski definition) is 3. The maximum Gasteiger partial charge on any atom is 0.141 e. The minimum absolute atomic E-state index is 0.199. The first kappa shape index (κ1) is 11.7. The molecule has 0 aliphatic rings. The molecule has 4 heteroatoms. The molecule has 3 rings (SSSR count). The van der Waals surface area contributed by atoms with Gasteiger partial charge in [0.25, 0.3) is 0 Å². The Hall–Kier alpha value is -2.33. The van der Waals surface area contributed by atoms with E-state index in [9.17, 15) is 0 Å². The average molecular weight is 253 g/mol. The summed E-state index contributed by atoms with van der Waals surface area (Å²) < 4.78 is 5.56. The minimum atomic E-state index is -0.199. The molecule has 0 aliphatic carbocycles. The molecular weight excluding hydrogens is 238 g/mol. The lowest BCUT2D eigenvalue weighted by Crippen LogP contribution is -2.05. The molecule has 1 heterocycles. The van der Waals surface area contributed by atoms with E-state index in [1.165, 1.54) is 0 Å². The monoisotopic (exact) mass is 253 g/mol. The van der Waals surface area contributed by atoms with Crippen molar-refractivity contribution >= 4 is 16.7 Å². The predicted molar refractivity (Wildman–Crippen MR) is 75.8 cm³/mol. The molecule has 0 bridgehead atoms. The van der Waals surface area contributed by atoms with Gasteiger partial charge in [-0.25, -0.2) is 4.98 Å². The number of benzene rings is 2. The van der Waals surface area contributed by atoms with Crippen LogP contribution in [0.1, 0.15) is 17.5 Å². The van der Waals surface area contributed by atoms with E-state index in [0.717, 1.165) is 28.1 Å². The number of hydrogen-bond donors (Lipinski definition) is 2. The van der Waals surface area contributed by atoms with E-state index in [-0.39, 0.29) is 6.10 Å². The first-order valence-corrected chi connectivity index (χ1v) is 6.11. The molecule has 0 fully saturated rings. The van der Waals surface area contributed by atoms with Gasteiger partial charge in [-0.1, -0.05) is 30.3 Å². The number of aromatic nitrogens is 2. The highest BCUT2D eigenvalue weighted by Crippen LogP contribution is 2.25. The third-order valence-corrected chi connectivity index (χ3v) is 3.11. The molecule has 0 saturated carbocycles. The molecule has 96 valence electrons. The van der Waals surface area contributed by atoms with Gasteiger partial charge in [-0.15, -0.1) is 0 Å². The molecule has 0 radical (unpaired) electrons. The highest BCUT2D eigenvalue weighted by atomic mass is 16.5. The lowest BCUT2D eigenvalue weighted by atomic mass is 10.1. The summed E-state index contributed by atoms with van der Waals surface area (Å²) in [5.74, 6) is 0.786. The van der Waals surface area contributed by atoms with Crippen LogP contribution in [-0.4, -0.2) is 17.1 Å². The molecule has 2 aromatic carbocycles. The summed E-state index contributed by atoms with van der Waals surface area (Å²) in [5.41, 5.74) is 9.37. The van der Waals surface area contributed by atoms with Crippen LogP contribution in [-0.2, 0) is 4.74 Å². The number of anilines is 1. The standard InChI is InChI=1S/C15H15N3O/c1-19-14(10-5-3-2-4-6-10)15-17-12-8-7-11(16)9-13(12)18-15/h2-9,14H,16H2,1H3,(H,17,18). The van der Waals surface area contributed by atoms with Crippen LogP contribution in [0.15, 0.2) is 48.5 Å². The normalized spacial score (nSPS) is 12.7. The Kier molecular flexibility index (Phi) is 2.93. The van der Waals surface area contributed by atoms with Gasteiger partial charge in [-0.2, -0.15) is 0 Å². The molecule has 1 unspecified atom stereocenters. The zero-order chi connectivity index (χ0) is 13.2. The predicted octanol–water partition coefficient (Wildman–Crippen LogP) is 2.88. The molecule has 4 nitrogen and oxygen atoms in total. The summed E-state index contributed by atoms with van der Waals surface area (Å²) in [4.78, 5) is 7.84. The van der Waals surface area contributed by atoms with Crippen LogP contribution in [0.2, 0.25) is 0 Å². The highest BCUT2D eigenvalue weighted by molar-refractivity contribution is 5.78. The zero-order valence-corrected chi connectivity index (χ0v) is 10.6. The number of nitrogens with one attached hydrogen (secondary N) is 1. The van der Waals surface area contributed by atoms with Crippen LogP contribution in [0.3, 0.4) is 0 Å². The van der Waals surface area contributed by atoms with Crippen LogP contribution in [0.25, 0.3) is 11.0 Å². The maximum absolute atomic E-state index is 5.77. The second kappa shape index (κ2) is 4.74. The van der Waals surface area contributed by atoms with E-state index in [2.05, 4.69) is 9.97 Å². The van der Waals surface area contributed by atoms with Crippen molar-refractivity contribution in [3.05, 3.63) is 59.9 Å². The van der Waals surface area contributed by atoms with Gasteiger partial charge >= 0.3 is 0 Å². The SMILES string of the molecule is COC(c1ccccc1)c1nc2ccc(N)cc2[nH]1. The Morgan fingerprint density at radius 1 is 1.16 bits per heavy atom. The van der Waals surface area contributed by atoms with Crippen molar-refractivity contribution in [1.82, 2.24) is 9.97 Å². The van der Waals surface area contributed by atoms with Crippen molar-refractivity contribution < 1.29 is 4.74 Å². The number of methoxy groups -OCH3 is 1. The van der Waals surface area contributed by atoms with Gasteiger partial charge in [0.15, 0.2) is 0 Å². The summed E-state index contributed by atoms with van der Waals surface area (Å²) >= 11 is 0. The fourth-order valence-electron chi connectivity index (χ4n) is 2.20. The summed E-state index contributed by atoms with van der Waals surface area (Å²) in [6, 6.07) is 15.6. The third-order valence-electron chi connectivity index (χ3n) is 3.11. The number of aromatic amines is 1. The van der Waals surface area contributed by atoms with Gasteiger partial charge in [0.05, 0.1) is 11.0 Å². The van der Waals surface area contributed by atoms with Crippen LogP contribution < -0.4 is 5.73 Å². The Morgan fingerprint density at radius 3 is 2.68 bits per heavy atom. The summed E-state index contributed by atoms with van der Waals surface area (Å²) in [7, 11) is 1.68. The smallest absolute Gasteiger partial charge is 0.141 e. The van der Waals surface area contributed by atoms with Crippen LogP contribution >= 0.6 is 0 Å². The van der Waals surface area contributed by atoms with Crippen LogP contribution in [0.4, 0.5) is 5.69 Å². The molecule has 1 aromatic heterocycles. The van der Waals surface area contributed by atoms with Gasteiger partial charge in [0, 0.05) is 12.8 Å². The lowest BCUT2D eigenvalue weighted by Gasteiger charge is -2.12. The van der Waals surface area contributed by atoms with Gasteiger partial charge < -0.3 is 15.5 Å². The van der Waals surface area contributed by atoms with Crippen molar-refractivity contribution in [2.24, 2.45) is 0 Å². The Balaban J connectivity index is 2.07. The number of imidazole rings is 1. The minimum Gasteiger partial charge on any atom is -0.399 e. The number of fused-ring (bicyclic) bond motifs is 1. The van der Waals surface area contributed by atoms with Crippen molar-refractivity contribution in [1.29, 1.82) is 0 Å². The second-order valence-electron chi connectivity index (χ2n) is 4.43. The number of nitrogens with zero attached hydrogens (tertiary/aromatic N) is 1. The van der Waals surface area contributed by atoms with Gasteiger partial charge in [0.2, 0.25) is 0 Å². The molecule has 0 amide bonds. The number of nitrogen functional groups attached to an aromatic ring is 1. The van der Waals surface area contributed by atoms with Crippen molar-refractivity contribution in [3.63, 3.8) is 0 Å². The van der Waals surface area contributed by atoms with Crippen molar-refractivity contribution in [2.75, 3.05) is 12.8 Å². The van der Waals surface area contributed by atoms with E-state index in [1.54, 1.807) is 7.11 Å². The molecule has 0 saturated heterocycles. The molecule has 3 N–H and O–H groups in total. The van der Waals surface area contributed by atoms with E-state index in [4.69, 9.17) is 10.5 Å². The van der Waals surface area contributed by atoms with E-state index in [1.807, 2.05) is 48.5 Å². The topological polar surface area (TPSA) is 63.9 Å². The summed E-state index contributed by atoms with van der Waals surface area (Å²) in [6.07, 6.45) is -0.199. The van der Waals surface area contributed by atoms with Gasteiger partial charge in [0.1, 0.15) is 11.9 Å². The zero-order valence-electron chi connectivity index (χ0n) is 10.6. The Morgan fingerprint density at radius 2 is 1.95 bits per heavy atom. The molecule has 3 aromatic rings. The van der Waals surface area contributed by atoms with E-state index in [0.29, 0.717) is 0 Å². The van der Waals surface area contributed by atoms with Crippen LogP contribution in [0.5, 0.6) is 0 Å². The van der Waals surface area contributed by atoms with Crippen LogP contribution in [0, 0.1) is 0 Å². The van der Waals surface area contributed by atoms with Crippen molar-refractivity contribution in [2.45, 2.75) is 6.10 Å². The van der Waals surface area contributed by atoms with E-state index >= 15 is 0 Å². The Labute approximate surface area is 111 Å². The molecule has 0 aliphatic heterocycles. The van der Waals surface area contributed by atoms with Gasteiger partial charge in [-0.3, -0.25) is 0 Å². The number of ether oxygens (including phenoxy) is 1. The molecule has 1 atom stereocenters. The number of rotatable bonds is 3.